The Morgan fingerprint density at radius 1 is 0.957 bits per heavy atom. The van der Waals surface area contributed by atoms with E-state index >= 15 is 0 Å². The van der Waals surface area contributed by atoms with Crippen LogP contribution in [-0.2, 0) is 0 Å². The normalized spacial score (nSPS) is 15.9. The fourth-order valence-corrected chi connectivity index (χ4v) is 2.75. The van der Waals surface area contributed by atoms with Gasteiger partial charge in [-0.15, -0.1) is 0 Å². The van der Waals surface area contributed by atoms with Crippen LogP contribution in [0.4, 0.5) is 5.82 Å². The van der Waals surface area contributed by atoms with E-state index in [1.807, 2.05) is 24.5 Å². The molecule has 0 radical (unpaired) electrons. The van der Waals surface area contributed by atoms with E-state index < -0.39 is 0 Å². The maximum Gasteiger partial charge on any atom is 0.212 e. The molecule has 1 aliphatic rings. The van der Waals surface area contributed by atoms with Gasteiger partial charge in [-0.3, -0.25) is 9.88 Å². The lowest BCUT2D eigenvalue weighted by Crippen LogP contribution is -2.49. The van der Waals surface area contributed by atoms with Crippen LogP contribution < -0.4 is 9.64 Å². The van der Waals surface area contributed by atoms with Crippen molar-refractivity contribution in [1.82, 2.24) is 19.9 Å². The Labute approximate surface area is 137 Å². The molecule has 0 spiro atoms. The minimum absolute atomic E-state index is 0.598. The van der Waals surface area contributed by atoms with Crippen LogP contribution in [0.1, 0.15) is 13.8 Å². The number of anilines is 1. The number of piperazine rings is 1. The zero-order valence-electron chi connectivity index (χ0n) is 13.9. The molecular formula is C17H23N5O. The van der Waals surface area contributed by atoms with Crippen LogP contribution in [0.15, 0.2) is 30.7 Å². The van der Waals surface area contributed by atoms with Crippen molar-refractivity contribution in [3.05, 3.63) is 30.7 Å². The number of ether oxygens (including phenoxy) is 1. The third-order valence-electron chi connectivity index (χ3n) is 4.25. The first-order chi connectivity index (χ1) is 11.2. The summed E-state index contributed by atoms with van der Waals surface area (Å²) in [5.74, 6) is 1.54. The second kappa shape index (κ2) is 6.91. The molecule has 6 nitrogen and oxygen atoms in total. The molecule has 6 heteroatoms. The van der Waals surface area contributed by atoms with E-state index in [2.05, 4.69) is 38.6 Å². The van der Waals surface area contributed by atoms with E-state index in [9.17, 15) is 0 Å². The molecule has 0 N–H and O–H groups in total. The highest BCUT2D eigenvalue weighted by atomic mass is 16.5. The first kappa shape index (κ1) is 15.7. The molecule has 1 aliphatic heterocycles. The van der Waals surface area contributed by atoms with Gasteiger partial charge in [0.25, 0.3) is 0 Å². The summed E-state index contributed by atoms with van der Waals surface area (Å²) in [6.45, 7) is 8.62. The summed E-state index contributed by atoms with van der Waals surface area (Å²) in [6.07, 6.45) is 5.42. The lowest BCUT2D eigenvalue weighted by atomic mass is 10.2. The Bertz CT molecular complexity index is 618. The fourth-order valence-electron chi connectivity index (χ4n) is 2.75. The highest BCUT2D eigenvalue weighted by Crippen LogP contribution is 2.20. The van der Waals surface area contributed by atoms with Crippen molar-refractivity contribution in [2.24, 2.45) is 0 Å². The molecule has 2 aromatic heterocycles. The van der Waals surface area contributed by atoms with Gasteiger partial charge in [-0.05, 0) is 19.9 Å². The second-order valence-corrected chi connectivity index (χ2v) is 5.97. The zero-order valence-corrected chi connectivity index (χ0v) is 13.9. The Morgan fingerprint density at radius 2 is 1.74 bits per heavy atom. The first-order valence-electron chi connectivity index (χ1n) is 7.99. The Hall–Kier alpha value is -2.21. The summed E-state index contributed by atoms with van der Waals surface area (Å²) < 4.78 is 5.07. The molecule has 0 atom stereocenters. The maximum atomic E-state index is 5.07. The van der Waals surface area contributed by atoms with Gasteiger partial charge in [0.1, 0.15) is 5.82 Å². The van der Waals surface area contributed by atoms with Crippen molar-refractivity contribution in [3.63, 3.8) is 0 Å². The largest absolute Gasteiger partial charge is 0.481 e. The fraction of sp³-hybridized carbons (Fsp3) is 0.471. The summed E-state index contributed by atoms with van der Waals surface area (Å²) in [7, 11) is 1.61. The van der Waals surface area contributed by atoms with Gasteiger partial charge in [0, 0.05) is 50.0 Å². The minimum Gasteiger partial charge on any atom is -0.481 e. The van der Waals surface area contributed by atoms with Crippen LogP contribution in [0.3, 0.4) is 0 Å². The Morgan fingerprint density at radius 3 is 2.26 bits per heavy atom. The molecule has 3 rings (SSSR count). The minimum atomic E-state index is 0.598. The van der Waals surface area contributed by atoms with Crippen molar-refractivity contribution in [2.75, 3.05) is 38.2 Å². The number of hydrogen-bond acceptors (Lipinski definition) is 6. The van der Waals surface area contributed by atoms with E-state index in [0.29, 0.717) is 11.9 Å². The van der Waals surface area contributed by atoms with Crippen molar-refractivity contribution in [1.29, 1.82) is 0 Å². The van der Waals surface area contributed by atoms with Gasteiger partial charge in [0.05, 0.1) is 25.2 Å². The Kier molecular flexibility index (Phi) is 4.71. The molecule has 3 heterocycles. The quantitative estimate of drug-likeness (QED) is 0.861. The molecule has 122 valence electrons. The standard InChI is InChI=1S/C17H23N5O/c1-13(2)21-6-8-22(9-7-21)16-12-18-15(11-19-16)14-4-5-17(23-3)20-10-14/h4-5,10-13H,6-9H2,1-3H3. The van der Waals surface area contributed by atoms with E-state index in [-0.39, 0.29) is 0 Å². The van der Waals surface area contributed by atoms with Gasteiger partial charge in [-0.2, -0.15) is 0 Å². The summed E-state index contributed by atoms with van der Waals surface area (Å²) in [4.78, 5) is 18.1. The molecule has 0 bridgehead atoms. The second-order valence-electron chi connectivity index (χ2n) is 5.97. The van der Waals surface area contributed by atoms with Crippen LogP contribution >= 0.6 is 0 Å². The summed E-state index contributed by atoms with van der Waals surface area (Å²) in [6, 6.07) is 4.38. The molecule has 0 amide bonds. The van der Waals surface area contributed by atoms with Crippen LogP contribution in [0.5, 0.6) is 5.88 Å². The number of rotatable bonds is 4. The number of pyridine rings is 1. The van der Waals surface area contributed by atoms with Crippen molar-refractivity contribution in [3.8, 4) is 17.1 Å². The third kappa shape index (κ3) is 3.59. The highest BCUT2D eigenvalue weighted by Gasteiger charge is 2.19. The van der Waals surface area contributed by atoms with Gasteiger partial charge >= 0.3 is 0 Å². The summed E-state index contributed by atoms with van der Waals surface area (Å²) in [5, 5.41) is 0. The Balaban J connectivity index is 1.67. The average molecular weight is 313 g/mol. The molecule has 0 unspecified atom stereocenters. The van der Waals surface area contributed by atoms with Gasteiger partial charge in [-0.25, -0.2) is 9.97 Å². The van der Waals surface area contributed by atoms with E-state index in [0.717, 1.165) is 43.3 Å². The van der Waals surface area contributed by atoms with Gasteiger partial charge < -0.3 is 9.64 Å². The SMILES string of the molecule is COc1ccc(-c2cnc(N3CCN(C(C)C)CC3)cn2)cn1. The van der Waals surface area contributed by atoms with Crippen LogP contribution in [0.2, 0.25) is 0 Å². The van der Waals surface area contributed by atoms with E-state index in [4.69, 9.17) is 4.74 Å². The van der Waals surface area contributed by atoms with Gasteiger partial charge in [-0.1, -0.05) is 0 Å². The topological polar surface area (TPSA) is 54.4 Å². The molecule has 1 fully saturated rings. The molecule has 1 saturated heterocycles. The molecular weight excluding hydrogens is 290 g/mol. The smallest absolute Gasteiger partial charge is 0.212 e. The lowest BCUT2D eigenvalue weighted by molar-refractivity contribution is 0.209. The lowest BCUT2D eigenvalue weighted by Gasteiger charge is -2.37. The molecule has 0 saturated carbocycles. The van der Waals surface area contributed by atoms with Crippen LogP contribution in [0, 0.1) is 0 Å². The van der Waals surface area contributed by atoms with Crippen molar-refractivity contribution in [2.45, 2.75) is 19.9 Å². The predicted octanol–water partition coefficient (Wildman–Crippen LogP) is 2.08. The van der Waals surface area contributed by atoms with Gasteiger partial charge in [0.2, 0.25) is 5.88 Å². The molecule has 2 aromatic rings. The van der Waals surface area contributed by atoms with E-state index in [1.165, 1.54) is 0 Å². The van der Waals surface area contributed by atoms with Crippen LogP contribution in [-0.4, -0.2) is 59.2 Å². The summed E-state index contributed by atoms with van der Waals surface area (Å²) in [5.41, 5.74) is 1.76. The number of methoxy groups -OCH3 is 1. The molecule has 0 aromatic carbocycles. The summed E-state index contributed by atoms with van der Waals surface area (Å²) >= 11 is 0. The maximum absolute atomic E-state index is 5.07. The average Bonchev–Trinajstić information content (AvgIpc) is 2.62. The van der Waals surface area contributed by atoms with Gasteiger partial charge in [0.15, 0.2) is 0 Å². The monoisotopic (exact) mass is 313 g/mol. The van der Waals surface area contributed by atoms with E-state index in [1.54, 1.807) is 13.3 Å². The molecule has 23 heavy (non-hydrogen) atoms. The number of aromatic nitrogens is 3. The number of nitrogens with zero attached hydrogens (tertiary/aromatic N) is 5. The van der Waals surface area contributed by atoms with Crippen molar-refractivity contribution >= 4 is 5.82 Å². The zero-order chi connectivity index (χ0) is 16.2. The molecule has 0 aliphatic carbocycles. The first-order valence-corrected chi connectivity index (χ1v) is 7.99. The van der Waals surface area contributed by atoms with Crippen LogP contribution in [0.25, 0.3) is 11.3 Å². The highest BCUT2D eigenvalue weighted by molar-refractivity contribution is 5.58. The van der Waals surface area contributed by atoms with Crippen molar-refractivity contribution < 1.29 is 4.74 Å². The third-order valence-corrected chi connectivity index (χ3v) is 4.25. The predicted molar refractivity (Wildman–Crippen MR) is 90.7 cm³/mol. The number of hydrogen-bond donors (Lipinski definition) is 0.